The molecule has 5 nitrogen and oxygen atoms in total. The van der Waals surface area contributed by atoms with Gasteiger partial charge in [-0.15, -0.1) is 0 Å². The minimum Gasteiger partial charge on any atom is -0.550 e. The van der Waals surface area contributed by atoms with Crippen molar-refractivity contribution in [3.05, 3.63) is 0 Å². The lowest BCUT2D eigenvalue weighted by atomic mass is 9.96. The molecule has 0 rings (SSSR count). The van der Waals surface area contributed by atoms with Gasteiger partial charge in [0.2, 0.25) is 5.91 Å². The van der Waals surface area contributed by atoms with Crippen LogP contribution in [-0.2, 0) is 9.59 Å². The van der Waals surface area contributed by atoms with Crippen molar-refractivity contribution in [3.63, 3.8) is 0 Å². The van der Waals surface area contributed by atoms with Crippen molar-refractivity contribution in [3.8, 4) is 0 Å². The van der Waals surface area contributed by atoms with E-state index in [1.807, 2.05) is 0 Å². The molecule has 0 heterocycles. The molecule has 0 bridgehead atoms. The summed E-state index contributed by atoms with van der Waals surface area (Å²) in [6.45, 7) is 2.85. The van der Waals surface area contributed by atoms with E-state index in [0.717, 1.165) is 0 Å². The first-order valence-corrected chi connectivity index (χ1v) is 2.97. The highest BCUT2D eigenvalue weighted by molar-refractivity contribution is 5.82. The van der Waals surface area contributed by atoms with Crippen LogP contribution in [0.4, 0.5) is 0 Å². The summed E-state index contributed by atoms with van der Waals surface area (Å²) in [6.07, 6.45) is 0. The number of quaternary nitrogens is 1. The standard InChI is InChI=1S/C6H11NO3.H3N/c1-3(5(7)8)4(2)6(9)10;/h3-4H,1-2H3,(H2,7,8)(H,9,10);1H3. The van der Waals surface area contributed by atoms with Crippen LogP contribution in [0.3, 0.4) is 0 Å². The van der Waals surface area contributed by atoms with E-state index in [9.17, 15) is 14.7 Å². The van der Waals surface area contributed by atoms with Crippen LogP contribution in [0.15, 0.2) is 0 Å². The molecule has 5 heteroatoms. The van der Waals surface area contributed by atoms with E-state index in [2.05, 4.69) is 0 Å². The molecular weight excluding hydrogens is 148 g/mol. The summed E-state index contributed by atoms with van der Waals surface area (Å²) in [4.78, 5) is 20.5. The maximum Gasteiger partial charge on any atom is 0.220 e. The second kappa shape index (κ2) is 4.68. The summed E-state index contributed by atoms with van der Waals surface area (Å²) >= 11 is 0. The third-order valence-corrected chi connectivity index (χ3v) is 1.57. The number of amides is 1. The van der Waals surface area contributed by atoms with E-state index in [1.165, 1.54) is 13.8 Å². The van der Waals surface area contributed by atoms with Crippen molar-refractivity contribution < 1.29 is 14.7 Å². The van der Waals surface area contributed by atoms with Gasteiger partial charge in [0.05, 0.1) is 0 Å². The average Bonchev–Trinajstić information content (AvgIpc) is 1.84. The second-order valence-electron chi connectivity index (χ2n) is 2.30. The molecule has 0 saturated carbocycles. The Kier molecular flexibility index (Phi) is 5.34. The van der Waals surface area contributed by atoms with E-state index in [-0.39, 0.29) is 6.15 Å². The summed E-state index contributed by atoms with van der Waals surface area (Å²) in [5.74, 6) is -3.33. The van der Waals surface area contributed by atoms with Crippen LogP contribution in [0.2, 0.25) is 0 Å². The fourth-order valence-electron chi connectivity index (χ4n) is 0.451. The number of primary amides is 1. The van der Waals surface area contributed by atoms with Crippen LogP contribution in [0, 0.1) is 11.8 Å². The van der Waals surface area contributed by atoms with Crippen molar-refractivity contribution in [2.24, 2.45) is 17.6 Å². The van der Waals surface area contributed by atoms with Gasteiger partial charge in [-0.3, -0.25) is 4.79 Å². The molecule has 0 aromatic carbocycles. The lowest BCUT2D eigenvalue weighted by Gasteiger charge is -2.16. The van der Waals surface area contributed by atoms with E-state index < -0.39 is 23.7 Å². The Hall–Kier alpha value is -1.10. The lowest BCUT2D eigenvalue weighted by molar-refractivity contribution is -0.312. The van der Waals surface area contributed by atoms with Crippen LogP contribution in [-0.4, -0.2) is 11.9 Å². The molecule has 0 aliphatic rings. The molecule has 0 aliphatic carbocycles. The number of carbonyl (C=O) groups is 2. The van der Waals surface area contributed by atoms with Crippen molar-refractivity contribution >= 4 is 11.9 Å². The van der Waals surface area contributed by atoms with Crippen molar-refractivity contribution in [1.29, 1.82) is 0 Å². The third-order valence-electron chi connectivity index (χ3n) is 1.57. The molecule has 0 aromatic heterocycles. The molecule has 0 saturated heterocycles. The van der Waals surface area contributed by atoms with Crippen LogP contribution in [0.5, 0.6) is 0 Å². The van der Waals surface area contributed by atoms with E-state index >= 15 is 0 Å². The molecule has 0 spiro atoms. The van der Waals surface area contributed by atoms with E-state index in [4.69, 9.17) is 5.73 Å². The quantitative estimate of drug-likeness (QED) is 0.546. The van der Waals surface area contributed by atoms with Crippen molar-refractivity contribution in [2.45, 2.75) is 13.8 Å². The number of aliphatic carboxylic acids is 1. The van der Waals surface area contributed by atoms with Gasteiger partial charge in [-0.2, -0.15) is 0 Å². The zero-order valence-electron chi connectivity index (χ0n) is 6.96. The number of hydrogen-bond donors (Lipinski definition) is 2. The van der Waals surface area contributed by atoms with Crippen LogP contribution >= 0.6 is 0 Å². The number of rotatable bonds is 3. The van der Waals surface area contributed by atoms with Gasteiger partial charge in [0.15, 0.2) is 0 Å². The summed E-state index contributed by atoms with van der Waals surface area (Å²) in [5.41, 5.74) is 4.84. The highest BCUT2D eigenvalue weighted by Crippen LogP contribution is 2.07. The predicted molar refractivity (Wildman–Crippen MR) is 38.5 cm³/mol. The minimum absolute atomic E-state index is 0. The summed E-state index contributed by atoms with van der Waals surface area (Å²) in [5, 5.41) is 10.1. The monoisotopic (exact) mass is 162 g/mol. The van der Waals surface area contributed by atoms with Crippen molar-refractivity contribution in [2.75, 3.05) is 0 Å². The van der Waals surface area contributed by atoms with Crippen LogP contribution in [0.25, 0.3) is 0 Å². The summed E-state index contributed by atoms with van der Waals surface area (Å²) in [6, 6.07) is 0. The van der Waals surface area contributed by atoms with Gasteiger partial charge in [0.1, 0.15) is 0 Å². The average molecular weight is 162 g/mol. The van der Waals surface area contributed by atoms with Crippen LogP contribution < -0.4 is 17.0 Å². The Morgan fingerprint density at radius 1 is 1.27 bits per heavy atom. The van der Waals surface area contributed by atoms with Gasteiger partial charge >= 0.3 is 0 Å². The zero-order valence-corrected chi connectivity index (χ0v) is 6.96. The Morgan fingerprint density at radius 3 is 1.73 bits per heavy atom. The molecule has 66 valence electrons. The molecule has 6 N–H and O–H groups in total. The van der Waals surface area contributed by atoms with Gasteiger partial charge in [0.25, 0.3) is 0 Å². The van der Waals surface area contributed by atoms with Crippen molar-refractivity contribution in [1.82, 2.24) is 6.15 Å². The Labute approximate surface area is 65.2 Å². The van der Waals surface area contributed by atoms with E-state index in [1.54, 1.807) is 0 Å². The lowest BCUT2D eigenvalue weighted by Crippen LogP contribution is -2.38. The molecule has 0 aliphatic heterocycles. The third kappa shape index (κ3) is 3.57. The summed E-state index contributed by atoms with van der Waals surface area (Å²) in [7, 11) is 0. The fraction of sp³-hybridized carbons (Fsp3) is 0.667. The zero-order chi connectivity index (χ0) is 8.31. The Balaban J connectivity index is 0. The molecule has 2 atom stereocenters. The highest BCUT2D eigenvalue weighted by Gasteiger charge is 2.17. The first-order chi connectivity index (χ1) is 4.46. The van der Waals surface area contributed by atoms with Gasteiger partial charge in [-0.05, 0) is 0 Å². The van der Waals surface area contributed by atoms with Gasteiger partial charge in [-0.1, -0.05) is 13.8 Å². The molecule has 1 amide bonds. The van der Waals surface area contributed by atoms with Gasteiger partial charge < -0.3 is 21.8 Å². The molecule has 0 radical (unpaired) electrons. The Morgan fingerprint density at radius 2 is 1.64 bits per heavy atom. The number of carbonyl (C=O) groups excluding carboxylic acids is 2. The molecule has 0 fully saturated rings. The number of hydrogen-bond acceptors (Lipinski definition) is 3. The number of carboxylic acid groups (broad SMARTS) is 1. The fourth-order valence-corrected chi connectivity index (χ4v) is 0.451. The Bertz CT molecular complexity index is 140. The predicted octanol–water partition coefficient (Wildman–Crippen LogP) is -1.13. The maximum absolute atomic E-state index is 10.4. The second-order valence-corrected chi connectivity index (χ2v) is 2.30. The minimum atomic E-state index is -1.24. The first-order valence-electron chi connectivity index (χ1n) is 2.97. The first kappa shape index (κ1) is 12.6. The van der Waals surface area contributed by atoms with Gasteiger partial charge in [0, 0.05) is 17.8 Å². The molecule has 11 heavy (non-hydrogen) atoms. The van der Waals surface area contributed by atoms with E-state index in [0.29, 0.717) is 0 Å². The van der Waals surface area contributed by atoms with Crippen LogP contribution in [0.1, 0.15) is 13.8 Å². The molecular formula is C6H14N2O3. The SMILES string of the molecule is CC(C(N)=O)C(C)C(=O)[O-].[NH4+]. The highest BCUT2D eigenvalue weighted by atomic mass is 16.4. The largest absolute Gasteiger partial charge is 0.550 e. The molecule has 0 aromatic rings. The smallest absolute Gasteiger partial charge is 0.220 e. The van der Waals surface area contributed by atoms with Gasteiger partial charge in [-0.25, -0.2) is 0 Å². The maximum atomic E-state index is 10.4. The number of nitrogens with two attached hydrogens (primary N) is 1. The normalized spacial score (nSPS) is 14.4. The summed E-state index contributed by atoms with van der Waals surface area (Å²) < 4.78 is 0. The topological polar surface area (TPSA) is 120 Å². The number of carboxylic acids is 1. The molecule has 2 unspecified atom stereocenters.